The molecule has 3 nitrogen and oxygen atoms in total. The van der Waals surface area contributed by atoms with Gasteiger partial charge in [-0.05, 0) is 30.4 Å². The van der Waals surface area contributed by atoms with Crippen molar-refractivity contribution < 1.29 is 4.79 Å². The van der Waals surface area contributed by atoms with E-state index in [1.165, 1.54) is 10.4 Å². The Morgan fingerprint density at radius 3 is 3.21 bits per heavy atom. The highest BCUT2D eigenvalue weighted by Gasteiger charge is 2.23. The third-order valence-electron chi connectivity index (χ3n) is 2.52. The molecule has 1 aromatic heterocycles. The van der Waals surface area contributed by atoms with E-state index in [-0.39, 0.29) is 11.9 Å². The molecule has 76 valence electrons. The summed E-state index contributed by atoms with van der Waals surface area (Å²) in [5.74, 6) is 0.0593. The molecule has 2 N–H and O–H groups in total. The summed E-state index contributed by atoms with van der Waals surface area (Å²) in [5.41, 5.74) is 6.97. The normalized spacial score (nSPS) is 17.7. The van der Waals surface area contributed by atoms with Gasteiger partial charge >= 0.3 is 0 Å². The van der Waals surface area contributed by atoms with Crippen LogP contribution in [0.3, 0.4) is 0 Å². The Morgan fingerprint density at radius 2 is 2.50 bits per heavy atom. The van der Waals surface area contributed by atoms with Crippen LogP contribution < -0.4 is 5.73 Å². The summed E-state index contributed by atoms with van der Waals surface area (Å²) in [6.07, 6.45) is 0.970. The first-order chi connectivity index (χ1) is 6.68. The summed E-state index contributed by atoms with van der Waals surface area (Å²) in [6.45, 7) is 3.30. The van der Waals surface area contributed by atoms with Crippen LogP contribution in [-0.2, 0) is 17.8 Å². The predicted octanol–water partition coefficient (Wildman–Crippen LogP) is 0.980. The van der Waals surface area contributed by atoms with Crippen molar-refractivity contribution in [3.8, 4) is 0 Å². The van der Waals surface area contributed by atoms with Gasteiger partial charge in [-0.15, -0.1) is 11.3 Å². The minimum absolute atomic E-state index is 0.0593. The van der Waals surface area contributed by atoms with Crippen molar-refractivity contribution in [2.45, 2.75) is 25.9 Å². The Balaban J connectivity index is 2.11. The summed E-state index contributed by atoms with van der Waals surface area (Å²) in [6, 6.07) is 1.77. The lowest BCUT2D eigenvalue weighted by atomic mass is 10.1. The second-order valence-corrected chi connectivity index (χ2v) is 4.67. The third-order valence-corrected chi connectivity index (χ3v) is 3.47. The SMILES string of the molecule is CC(N)C(=O)N1CCc2ccsc2C1. The smallest absolute Gasteiger partial charge is 0.239 e. The van der Waals surface area contributed by atoms with E-state index in [9.17, 15) is 4.79 Å². The minimum Gasteiger partial charge on any atom is -0.336 e. The molecule has 0 spiro atoms. The van der Waals surface area contributed by atoms with Gasteiger partial charge in [0, 0.05) is 11.4 Å². The van der Waals surface area contributed by atoms with Gasteiger partial charge in [-0.2, -0.15) is 0 Å². The molecule has 0 saturated heterocycles. The third kappa shape index (κ3) is 1.67. The van der Waals surface area contributed by atoms with Gasteiger partial charge in [0.25, 0.3) is 0 Å². The van der Waals surface area contributed by atoms with Gasteiger partial charge in [0.2, 0.25) is 5.91 Å². The van der Waals surface area contributed by atoms with Gasteiger partial charge < -0.3 is 10.6 Å². The van der Waals surface area contributed by atoms with E-state index >= 15 is 0 Å². The van der Waals surface area contributed by atoms with E-state index in [0.29, 0.717) is 0 Å². The molecule has 14 heavy (non-hydrogen) atoms. The van der Waals surface area contributed by atoms with E-state index in [4.69, 9.17) is 5.73 Å². The van der Waals surface area contributed by atoms with Crippen LogP contribution >= 0.6 is 11.3 Å². The summed E-state index contributed by atoms with van der Waals surface area (Å²) in [5, 5.41) is 2.09. The summed E-state index contributed by atoms with van der Waals surface area (Å²) in [7, 11) is 0. The van der Waals surface area contributed by atoms with E-state index < -0.39 is 0 Å². The molecule has 1 aliphatic heterocycles. The largest absolute Gasteiger partial charge is 0.336 e. The number of hydrogen-bond acceptors (Lipinski definition) is 3. The number of fused-ring (bicyclic) bond motifs is 1. The van der Waals surface area contributed by atoms with Crippen LogP contribution in [0.2, 0.25) is 0 Å². The lowest BCUT2D eigenvalue weighted by Crippen LogP contribution is -2.44. The van der Waals surface area contributed by atoms with E-state index in [2.05, 4.69) is 11.4 Å². The Kier molecular flexibility index (Phi) is 2.56. The molecule has 0 bridgehead atoms. The number of hydrogen-bond donors (Lipinski definition) is 1. The van der Waals surface area contributed by atoms with Crippen LogP contribution in [0.15, 0.2) is 11.4 Å². The molecule has 4 heteroatoms. The number of rotatable bonds is 1. The van der Waals surface area contributed by atoms with Crippen LogP contribution in [-0.4, -0.2) is 23.4 Å². The van der Waals surface area contributed by atoms with Crippen molar-refractivity contribution in [2.24, 2.45) is 5.73 Å². The fraction of sp³-hybridized carbons (Fsp3) is 0.500. The quantitative estimate of drug-likeness (QED) is 0.751. The Morgan fingerprint density at radius 1 is 1.71 bits per heavy atom. The van der Waals surface area contributed by atoms with Gasteiger partial charge in [0.1, 0.15) is 0 Å². The summed E-state index contributed by atoms with van der Waals surface area (Å²) < 4.78 is 0. The van der Waals surface area contributed by atoms with Crippen molar-refractivity contribution in [1.82, 2.24) is 4.90 Å². The first kappa shape index (κ1) is 9.68. The fourth-order valence-electron chi connectivity index (χ4n) is 1.71. The first-order valence-corrected chi connectivity index (χ1v) is 5.66. The number of nitrogens with two attached hydrogens (primary N) is 1. The molecule has 2 rings (SSSR count). The van der Waals surface area contributed by atoms with Gasteiger partial charge in [0.15, 0.2) is 0 Å². The van der Waals surface area contributed by atoms with Crippen molar-refractivity contribution in [2.75, 3.05) is 6.54 Å². The van der Waals surface area contributed by atoms with Gasteiger partial charge in [-0.3, -0.25) is 4.79 Å². The molecule has 1 unspecified atom stereocenters. The molecule has 1 atom stereocenters. The van der Waals surface area contributed by atoms with Gasteiger partial charge in [0.05, 0.1) is 12.6 Å². The van der Waals surface area contributed by atoms with Crippen molar-refractivity contribution in [1.29, 1.82) is 0 Å². The molecular weight excluding hydrogens is 196 g/mol. The maximum absolute atomic E-state index is 11.6. The first-order valence-electron chi connectivity index (χ1n) is 4.78. The maximum Gasteiger partial charge on any atom is 0.239 e. The molecule has 1 aromatic rings. The van der Waals surface area contributed by atoms with Crippen LogP contribution in [0.1, 0.15) is 17.4 Å². The second kappa shape index (κ2) is 3.71. The van der Waals surface area contributed by atoms with Crippen LogP contribution in [0.25, 0.3) is 0 Å². The molecule has 0 aromatic carbocycles. The minimum atomic E-state index is -0.378. The fourth-order valence-corrected chi connectivity index (χ4v) is 2.66. The Bertz CT molecular complexity index is 346. The highest BCUT2D eigenvalue weighted by Crippen LogP contribution is 2.24. The van der Waals surface area contributed by atoms with E-state index in [0.717, 1.165) is 19.5 Å². The maximum atomic E-state index is 11.6. The molecule has 0 aliphatic carbocycles. The summed E-state index contributed by atoms with van der Waals surface area (Å²) >= 11 is 1.72. The lowest BCUT2D eigenvalue weighted by Gasteiger charge is -2.28. The highest BCUT2D eigenvalue weighted by atomic mass is 32.1. The van der Waals surface area contributed by atoms with Crippen molar-refractivity contribution >= 4 is 17.2 Å². The van der Waals surface area contributed by atoms with Gasteiger partial charge in [-0.25, -0.2) is 0 Å². The number of amides is 1. The average molecular weight is 210 g/mol. The molecular formula is C10H14N2OS. The van der Waals surface area contributed by atoms with Crippen molar-refractivity contribution in [3.63, 3.8) is 0 Å². The van der Waals surface area contributed by atoms with Crippen LogP contribution in [0.4, 0.5) is 0 Å². The molecule has 0 fully saturated rings. The molecule has 0 saturated carbocycles. The Labute approximate surface area is 87.5 Å². The predicted molar refractivity (Wildman–Crippen MR) is 57.1 cm³/mol. The standard InChI is InChI=1S/C10H14N2OS/c1-7(11)10(13)12-4-2-8-3-5-14-9(8)6-12/h3,5,7H,2,4,6,11H2,1H3. The molecule has 0 radical (unpaired) electrons. The number of carbonyl (C=O) groups is 1. The topological polar surface area (TPSA) is 46.3 Å². The molecule has 1 aliphatic rings. The number of carbonyl (C=O) groups excluding carboxylic acids is 1. The molecule has 2 heterocycles. The number of thiophene rings is 1. The van der Waals surface area contributed by atoms with Gasteiger partial charge in [-0.1, -0.05) is 0 Å². The zero-order valence-corrected chi connectivity index (χ0v) is 9.01. The average Bonchev–Trinajstić information content (AvgIpc) is 2.62. The van der Waals surface area contributed by atoms with E-state index in [1.807, 2.05) is 4.90 Å². The van der Waals surface area contributed by atoms with Crippen molar-refractivity contribution in [3.05, 3.63) is 21.9 Å². The monoisotopic (exact) mass is 210 g/mol. The van der Waals surface area contributed by atoms with E-state index in [1.54, 1.807) is 18.3 Å². The summed E-state index contributed by atoms with van der Waals surface area (Å²) in [4.78, 5) is 14.8. The lowest BCUT2D eigenvalue weighted by molar-refractivity contribution is -0.133. The second-order valence-electron chi connectivity index (χ2n) is 3.67. The zero-order valence-electron chi connectivity index (χ0n) is 8.19. The highest BCUT2D eigenvalue weighted by molar-refractivity contribution is 7.10. The molecule has 1 amide bonds. The number of nitrogens with zero attached hydrogens (tertiary/aromatic N) is 1. The Hall–Kier alpha value is -0.870. The van der Waals surface area contributed by atoms with Crippen LogP contribution in [0.5, 0.6) is 0 Å². The van der Waals surface area contributed by atoms with Crippen LogP contribution in [0, 0.1) is 0 Å². The zero-order chi connectivity index (χ0) is 10.1.